The third-order valence-electron chi connectivity index (χ3n) is 3.42. The highest BCUT2D eigenvalue weighted by Gasteiger charge is 2.17. The molecular weight excluding hydrogens is 334 g/mol. The largest absolute Gasteiger partial charge is 0.486 e. The number of fused-ring (bicyclic) bond motifs is 1. The number of anilines is 2. The Morgan fingerprint density at radius 3 is 2.16 bits per heavy atom. The zero-order valence-corrected chi connectivity index (χ0v) is 13.2. The number of nitrogens with one attached hydrogen (secondary N) is 2. The Balaban J connectivity index is 1.87. The quantitative estimate of drug-likeness (QED) is 0.894. The lowest BCUT2D eigenvalue weighted by Gasteiger charge is -2.19. The van der Waals surface area contributed by atoms with E-state index < -0.39 is 23.4 Å². The predicted molar refractivity (Wildman–Crippen MR) is 86.0 cm³/mol. The standard InChI is InChI=1S/C17H14F2N2O4/c1-9(22)20-13-7-11(18)12(19)8-14(13)21-17(23)10-2-3-15-16(6-10)25-5-4-24-15/h2-3,6-8H,4-5H2,1H3,(H,20,22)(H,21,23). The number of hydrogen-bond donors (Lipinski definition) is 2. The van der Waals surface area contributed by atoms with Crippen molar-refractivity contribution in [3.8, 4) is 11.5 Å². The molecule has 2 N–H and O–H groups in total. The van der Waals surface area contributed by atoms with Gasteiger partial charge in [-0.15, -0.1) is 0 Å². The zero-order valence-electron chi connectivity index (χ0n) is 13.2. The Bertz CT molecular complexity index is 855. The lowest BCUT2D eigenvalue weighted by Crippen LogP contribution is -2.18. The monoisotopic (exact) mass is 348 g/mol. The summed E-state index contributed by atoms with van der Waals surface area (Å²) in [5.74, 6) is -2.40. The van der Waals surface area contributed by atoms with Crippen LogP contribution in [0, 0.1) is 11.6 Å². The fraction of sp³-hybridized carbons (Fsp3) is 0.176. The second-order valence-corrected chi connectivity index (χ2v) is 5.31. The van der Waals surface area contributed by atoms with Crippen molar-refractivity contribution in [2.75, 3.05) is 23.8 Å². The lowest BCUT2D eigenvalue weighted by molar-refractivity contribution is -0.114. The fourth-order valence-corrected chi connectivity index (χ4v) is 2.32. The minimum atomic E-state index is -1.15. The van der Waals surface area contributed by atoms with Crippen LogP contribution in [0.2, 0.25) is 0 Å². The first-order valence-electron chi connectivity index (χ1n) is 7.41. The first-order chi connectivity index (χ1) is 11.9. The molecule has 1 heterocycles. The Labute approximate surface area is 141 Å². The molecule has 0 spiro atoms. The van der Waals surface area contributed by atoms with Gasteiger partial charge in [-0.05, 0) is 18.2 Å². The van der Waals surface area contributed by atoms with Crippen LogP contribution >= 0.6 is 0 Å². The molecule has 6 nitrogen and oxygen atoms in total. The minimum Gasteiger partial charge on any atom is -0.486 e. The average molecular weight is 348 g/mol. The normalized spacial score (nSPS) is 12.4. The molecule has 8 heteroatoms. The van der Waals surface area contributed by atoms with E-state index in [4.69, 9.17) is 9.47 Å². The van der Waals surface area contributed by atoms with Crippen molar-refractivity contribution in [1.29, 1.82) is 0 Å². The summed E-state index contributed by atoms with van der Waals surface area (Å²) in [5.41, 5.74) is 0.133. The summed E-state index contributed by atoms with van der Waals surface area (Å²) in [5, 5.41) is 4.79. The number of benzene rings is 2. The van der Waals surface area contributed by atoms with Gasteiger partial charge >= 0.3 is 0 Å². The Kier molecular flexibility index (Phi) is 4.51. The summed E-state index contributed by atoms with van der Waals surface area (Å²) in [6.07, 6.45) is 0. The molecule has 0 aromatic heterocycles. The summed E-state index contributed by atoms with van der Waals surface area (Å²) < 4.78 is 37.7. The van der Waals surface area contributed by atoms with E-state index >= 15 is 0 Å². The SMILES string of the molecule is CC(=O)Nc1cc(F)c(F)cc1NC(=O)c1ccc2c(c1)OCCO2. The van der Waals surface area contributed by atoms with E-state index in [1.54, 1.807) is 6.07 Å². The van der Waals surface area contributed by atoms with Crippen molar-refractivity contribution in [2.24, 2.45) is 0 Å². The molecule has 0 radical (unpaired) electrons. The molecule has 2 aromatic carbocycles. The molecule has 0 atom stereocenters. The molecule has 1 aliphatic heterocycles. The Hall–Kier alpha value is -3.16. The highest BCUT2D eigenvalue weighted by molar-refractivity contribution is 6.07. The van der Waals surface area contributed by atoms with Gasteiger partial charge < -0.3 is 20.1 Å². The maximum Gasteiger partial charge on any atom is 0.255 e. The number of carbonyl (C=O) groups is 2. The molecule has 0 saturated carbocycles. The van der Waals surface area contributed by atoms with Crippen molar-refractivity contribution in [1.82, 2.24) is 0 Å². The van der Waals surface area contributed by atoms with Crippen LogP contribution in [-0.2, 0) is 4.79 Å². The number of amides is 2. The van der Waals surface area contributed by atoms with Crippen LogP contribution in [0.15, 0.2) is 30.3 Å². The molecule has 2 aromatic rings. The number of rotatable bonds is 3. The van der Waals surface area contributed by atoms with E-state index in [0.717, 1.165) is 12.1 Å². The van der Waals surface area contributed by atoms with Crippen LogP contribution in [-0.4, -0.2) is 25.0 Å². The molecule has 0 bridgehead atoms. The summed E-state index contributed by atoms with van der Waals surface area (Å²) >= 11 is 0. The van der Waals surface area contributed by atoms with Gasteiger partial charge in [0, 0.05) is 24.6 Å². The fourth-order valence-electron chi connectivity index (χ4n) is 2.32. The van der Waals surface area contributed by atoms with Crippen LogP contribution < -0.4 is 20.1 Å². The van der Waals surface area contributed by atoms with E-state index in [-0.39, 0.29) is 16.9 Å². The third-order valence-corrected chi connectivity index (χ3v) is 3.42. The molecule has 0 unspecified atom stereocenters. The number of halogens is 2. The van der Waals surface area contributed by atoms with Gasteiger partial charge in [-0.2, -0.15) is 0 Å². The molecule has 3 rings (SSSR count). The Morgan fingerprint density at radius 2 is 1.52 bits per heavy atom. The van der Waals surface area contributed by atoms with Gasteiger partial charge in [0.15, 0.2) is 23.1 Å². The van der Waals surface area contributed by atoms with Crippen LogP contribution in [0.25, 0.3) is 0 Å². The van der Waals surface area contributed by atoms with Crippen molar-refractivity contribution >= 4 is 23.2 Å². The second kappa shape index (κ2) is 6.76. The smallest absolute Gasteiger partial charge is 0.255 e. The van der Waals surface area contributed by atoms with Gasteiger partial charge in [-0.3, -0.25) is 9.59 Å². The third kappa shape index (κ3) is 3.68. The van der Waals surface area contributed by atoms with Crippen LogP contribution in [0.5, 0.6) is 11.5 Å². The molecule has 1 aliphatic rings. The molecule has 25 heavy (non-hydrogen) atoms. The van der Waals surface area contributed by atoms with Crippen LogP contribution in [0.1, 0.15) is 17.3 Å². The van der Waals surface area contributed by atoms with E-state index in [1.807, 2.05) is 0 Å². The van der Waals surface area contributed by atoms with E-state index in [2.05, 4.69) is 10.6 Å². The summed E-state index contributed by atoms with van der Waals surface area (Å²) in [4.78, 5) is 23.6. The summed E-state index contributed by atoms with van der Waals surface area (Å²) in [6, 6.07) is 6.19. The highest BCUT2D eigenvalue weighted by Crippen LogP contribution is 2.31. The highest BCUT2D eigenvalue weighted by atomic mass is 19.2. The number of ether oxygens (including phenoxy) is 2. The van der Waals surface area contributed by atoms with Gasteiger partial charge in [0.1, 0.15) is 13.2 Å². The first kappa shape index (κ1) is 16.7. The minimum absolute atomic E-state index is 0.0442. The molecule has 2 amide bonds. The van der Waals surface area contributed by atoms with E-state index in [9.17, 15) is 18.4 Å². The van der Waals surface area contributed by atoms with Crippen molar-refractivity contribution in [3.05, 3.63) is 47.5 Å². The average Bonchev–Trinajstić information content (AvgIpc) is 2.58. The van der Waals surface area contributed by atoms with Gasteiger partial charge in [-0.25, -0.2) is 8.78 Å². The molecule has 0 saturated heterocycles. The van der Waals surface area contributed by atoms with Gasteiger partial charge in [0.25, 0.3) is 5.91 Å². The van der Waals surface area contributed by atoms with E-state index in [0.29, 0.717) is 24.7 Å². The number of hydrogen-bond acceptors (Lipinski definition) is 4. The van der Waals surface area contributed by atoms with Crippen LogP contribution in [0.3, 0.4) is 0 Å². The maximum absolute atomic E-state index is 13.5. The topological polar surface area (TPSA) is 76.7 Å². The molecule has 130 valence electrons. The van der Waals surface area contributed by atoms with Crippen molar-refractivity contribution < 1.29 is 27.8 Å². The summed E-state index contributed by atoms with van der Waals surface area (Å²) in [6.45, 7) is 2.01. The molecular formula is C17H14F2N2O4. The Morgan fingerprint density at radius 1 is 0.920 bits per heavy atom. The lowest BCUT2D eigenvalue weighted by atomic mass is 10.1. The first-order valence-corrected chi connectivity index (χ1v) is 7.41. The van der Waals surface area contributed by atoms with Gasteiger partial charge in [-0.1, -0.05) is 0 Å². The predicted octanol–water partition coefficient (Wildman–Crippen LogP) is 2.95. The van der Waals surface area contributed by atoms with Crippen molar-refractivity contribution in [2.45, 2.75) is 6.92 Å². The maximum atomic E-state index is 13.5. The van der Waals surface area contributed by atoms with E-state index in [1.165, 1.54) is 19.1 Å². The molecule has 0 aliphatic carbocycles. The van der Waals surface area contributed by atoms with Gasteiger partial charge in [0.05, 0.1) is 11.4 Å². The summed E-state index contributed by atoms with van der Waals surface area (Å²) in [7, 11) is 0. The van der Waals surface area contributed by atoms with Crippen LogP contribution in [0.4, 0.5) is 20.2 Å². The second-order valence-electron chi connectivity index (χ2n) is 5.31. The zero-order chi connectivity index (χ0) is 18.0. The number of carbonyl (C=O) groups excluding carboxylic acids is 2. The van der Waals surface area contributed by atoms with Crippen molar-refractivity contribution in [3.63, 3.8) is 0 Å². The van der Waals surface area contributed by atoms with Gasteiger partial charge in [0.2, 0.25) is 5.91 Å². The molecule has 0 fully saturated rings.